The molecule has 0 aliphatic rings. The molecule has 0 fully saturated rings. The molecule has 4 aromatic rings. The number of thiophene rings is 1. The minimum absolute atomic E-state index is 0.115. The Hall–Kier alpha value is -3.91. The standard InChI is InChI=1S/C24H18ClN5O7S3/c25-9-8-21(31)28-14-6-4-13(5-7-14)22-18(12-26)23(27)38-24(22)30-29-15-10-17-16(20(11-15)40(35,36)37)2-1-3-19(17)39(32,33)34/h1-7,10-11H,8-9,27H2,(H,28,31)(H,32,33,34)(H,35,36,37). The molecular formula is C24H18ClN5O7S3. The van der Waals surface area contributed by atoms with E-state index in [2.05, 4.69) is 15.5 Å². The second-order valence-corrected chi connectivity index (χ2v) is 12.3. The molecule has 1 aromatic heterocycles. The molecule has 1 amide bonds. The monoisotopic (exact) mass is 619 g/mol. The van der Waals surface area contributed by atoms with Gasteiger partial charge in [0.25, 0.3) is 20.2 Å². The first-order valence-electron chi connectivity index (χ1n) is 11.1. The lowest BCUT2D eigenvalue weighted by atomic mass is 10.0. The number of alkyl halides is 1. The average Bonchev–Trinajstić information content (AvgIpc) is 3.21. The van der Waals surface area contributed by atoms with E-state index >= 15 is 0 Å². The minimum Gasteiger partial charge on any atom is -0.389 e. The zero-order chi connectivity index (χ0) is 29.2. The summed E-state index contributed by atoms with van der Waals surface area (Å²) in [7, 11) is -9.62. The molecule has 0 unspecified atom stereocenters. The normalized spacial score (nSPS) is 12.1. The van der Waals surface area contributed by atoms with Crippen LogP contribution in [0.1, 0.15) is 12.0 Å². The van der Waals surface area contributed by atoms with Crippen molar-refractivity contribution in [3.8, 4) is 17.2 Å². The number of carbonyl (C=O) groups excluding carboxylic acids is 1. The molecule has 12 nitrogen and oxygen atoms in total. The van der Waals surface area contributed by atoms with Crippen molar-refractivity contribution in [1.82, 2.24) is 0 Å². The number of halogens is 1. The molecule has 0 spiro atoms. The number of nitrogen functional groups attached to an aromatic ring is 1. The van der Waals surface area contributed by atoms with Gasteiger partial charge in [-0.25, -0.2) is 0 Å². The maximum absolute atomic E-state index is 12.1. The predicted octanol–water partition coefficient (Wildman–Crippen LogP) is 5.50. The summed E-state index contributed by atoms with van der Waals surface area (Å²) in [5.74, 6) is -0.107. The van der Waals surface area contributed by atoms with Gasteiger partial charge in [0.2, 0.25) is 5.91 Å². The molecular weight excluding hydrogens is 602 g/mol. The van der Waals surface area contributed by atoms with E-state index in [4.69, 9.17) is 17.3 Å². The lowest BCUT2D eigenvalue weighted by Gasteiger charge is -2.09. The number of rotatable bonds is 8. The van der Waals surface area contributed by atoms with E-state index in [1.807, 2.05) is 6.07 Å². The fourth-order valence-electron chi connectivity index (χ4n) is 3.82. The van der Waals surface area contributed by atoms with Crippen molar-refractivity contribution < 1.29 is 30.7 Å². The van der Waals surface area contributed by atoms with Crippen LogP contribution in [0.3, 0.4) is 0 Å². The van der Waals surface area contributed by atoms with Crippen LogP contribution in [-0.2, 0) is 25.0 Å². The van der Waals surface area contributed by atoms with Gasteiger partial charge in [0.15, 0.2) is 0 Å². The Bertz CT molecular complexity index is 1930. The van der Waals surface area contributed by atoms with Crippen molar-refractivity contribution in [3.63, 3.8) is 0 Å². The lowest BCUT2D eigenvalue weighted by Crippen LogP contribution is -2.11. The quantitative estimate of drug-likeness (QED) is 0.111. The van der Waals surface area contributed by atoms with E-state index in [1.54, 1.807) is 24.3 Å². The highest BCUT2D eigenvalue weighted by Crippen LogP contribution is 2.45. The van der Waals surface area contributed by atoms with E-state index in [0.717, 1.165) is 23.5 Å². The molecule has 4 rings (SSSR count). The molecule has 0 bridgehead atoms. The zero-order valence-electron chi connectivity index (χ0n) is 20.1. The van der Waals surface area contributed by atoms with Gasteiger partial charge in [-0.1, -0.05) is 35.6 Å². The highest BCUT2D eigenvalue weighted by Gasteiger charge is 2.22. The largest absolute Gasteiger partial charge is 0.389 e. The number of anilines is 2. The number of nitrogens with zero attached hydrogens (tertiary/aromatic N) is 3. The van der Waals surface area contributed by atoms with E-state index in [1.165, 1.54) is 18.2 Å². The maximum Gasteiger partial charge on any atom is 0.295 e. The SMILES string of the molecule is N#Cc1c(N)sc(N=Nc2cc(S(=O)(=O)O)c3cccc(S(=O)(=O)O)c3c2)c1-c1ccc(NC(=O)CCCl)cc1. The maximum atomic E-state index is 12.1. The molecule has 5 N–H and O–H groups in total. The van der Waals surface area contributed by atoms with Gasteiger partial charge in [-0.2, -0.15) is 22.1 Å². The van der Waals surface area contributed by atoms with Crippen LogP contribution in [0.15, 0.2) is 74.6 Å². The highest BCUT2D eigenvalue weighted by molar-refractivity contribution is 7.86. The van der Waals surface area contributed by atoms with E-state index < -0.39 is 30.0 Å². The average molecular weight is 620 g/mol. The third-order valence-corrected chi connectivity index (χ3v) is 8.42. The zero-order valence-corrected chi connectivity index (χ0v) is 23.3. The Morgan fingerprint density at radius 1 is 1.00 bits per heavy atom. The molecule has 1 heterocycles. The Labute approximate surface area is 237 Å². The number of nitrogens with two attached hydrogens (primary N) is 1. The van der Waals surface area contributed by atoms with Crippen LogP contribution < -0.4 is 11.1 Å². The van der Waals surface area contributed by atoms with E-state index in [9.17, 15) is 36.0 Å². The second kappa shape index (κ2) is 11.3. The number of carbonyl (C=O) groups is 1. The number of hydrogen-bond acceptors (Lipinski definition) is 10. The number of hydrogen-bond donors (Lipinski definition) is 4. The van der Waals surface area contributed by atoms with Gasteiger partial charge in [0, 0.05) is 34.3 Å². The van der Waals surface area contributed by atoms with Crippen LogP contribution in [0.4, 0.5) is 21.4 Å². The molecule has 0 saturated heterocycles. The first-order chi connectivity index (χ1) is 18.8. The Morgan fingerprint density at radius 3 is 2.27 bits per heavy atom. The summed E-state index contributed by atoms with van der Waals surface area (Å²) in [6.45, 7) is 0. The predicted molar refractivity (Wildman–Crippen MR) is 151 cm³/mol. The van der Waals surface area contributed by atoms with E-state index in [0.29, 0.717) is 16.8 Å². The van der Waals surface area contributed by atoms with Gasteiger partial charge < -0.3 is 11.1 Å². The van der Waals surface area contributed by atoms with Gasteiger partial charge in [-0.05, 0) is 35.9 Å². The van der Waals surface area contributed by atoms with Crippen molar-refractivity contribution in [2.24, 2.45) is 10.2 Å². The summed E-state index contributed by atoms with van der Waals surface area (Å²) in [5, 5.41) is 20.5. The number of benzene rings is 3. The number of nitriles is 1. The summed E-state index contributed by atoms with van der Waals surface area (Å²) in [6.07, 6.45) is 0.132. The highest BCUT2D eigenvalue weighted by atomic mass is 35.5. The molecule has 0 saturated carbocycles. The first-order valence-corrected chi connectivity index (χ1v) is 15.3. The molecule has 0 aliphatic heterocycles. The van der Waals surface area contributed by atoms with Crippen molar-refractivity contribution in [2.75, 3.05) is 16.9 Å². The molecule has 206 valence electrons. The third kappa shape index (κ3) is 6.12. The number of nitrogens with one attached hydrogen (secondary N) is 1. The smallest absolute Gasteiger partial charge is 0.295 e. The van der Waals surface area contributed by atoms with Gasteiger partial charge in [0.1, 0.15) is 25.9 Å². The second-order valence-electron chi connectivity index (χ2n) is 8.14. The topological polar surface area (TPSA) is 212 Å². The van der Waals surface area contributed by atoms with Crippen LogP contribution in [-0.4, -0.2) is 37.7 Å². The van der Waals surface area contributed by atoms with Crippen molar-refractivity contribution in [1.29, 1.82) is 5.26 Å². The van der Waals surface area contributed by atoms with Gasteiger partial charge in [-0.15, -0.1) is 21.8 Å². The van der Waals surface area contributed by atoms with Crippen molar-refractivity contribution in [2.45, 2.75) is 16.2 Å². The molecule has 0 aliphatic carbocycles. The van der Waals surface area contributed by atoms with Gasteiger partial charge in [-0.3, -0.25) is 13.9 Å². The van der Waals surface area contributed by atoms with Crippen LogP contribution in [0.2, 0.25) is 0 Å². The summed E-state index contributed by atoms with van der Waals surface area (Å²) in [6, 6.07) is 14.2. The molecule has 40 heavy (non-hydrogen) atoms. The molecule has 16 heteroatoms. The summed E-state index contributed by atoms with van der Waals surface area (Å²) in [4.78, 5) is 10.6. The molecule has 0 atom stereocenters. The van der Waals surface area contributed by atoms with Crippen molar-refractivity contribution in [3.05, 3.63) is 60.2 Å². The number of azo groups is 1. The Balaban J connectivity index is 1.83. The fraction of sp³-hybridized carbons (Fsp3) is 0.0833. The van der Waals surface area contributed by atoms with Crippen LogP contribution >= 0.6 is 22.9 Å². The van der Waals surface area contributed by atoms with Crippen LogP contribution in [0, 0.1) is 11.3 Å². The number of fused-ring (bicyclic) bond motifs is 1. The van der Waals surface area contributed by atoms with E-state index in [-0.39, 0.29) is 50.2 Å². The summed E-state index contributed by atoms with van der Waals surface area (Å²) < 4.78 is 67.4. The minimum atomic E-state index is -4.85. The van der Waals surface area contributed by atoms with Crippen LogP contribution in [0.5, 0.6) is 0 Å². The number of amides is 1. The van der Waals surface area contributed by atoms with Crippen LogP contribution in [0.25, 0.3) is 21.9 Å². The third-order valence-electron chi connectivity index (χ3n) is 5.52. The Morgan fingerprint density at radius 2 is 1.68 bits per heavy atom. The fourth-order valence-corrected chi connectivity index (χ4v) is 6.28. The van der Waals surface area contributed by atoms with Gasteiger partial charge >= 0.3 is 0 Å². The summed E-state index contributed by atoms with van der Waals surface area (Å²) >= 11 is 6.51. The first kappa shape index (κ1) is 29.1. The lowest BCUT2D eigenvalue weighted by molar-refractivity contribution is -0.115. The Kier molecular flexibility index (Phi) is 8.21. The van der Waals surface area contributed by atoms with Gasteiger partial charge in [0.05, 0.1) is 11.3 Å². The molecule has 3 aromatic carbocycles. The molecule has 0 radical (unpaired) electrons. The van der Waals surface area contributed by atoms with Crippen molar-refractivity contribution >= 4 is 81.2 Å². The summed E-state index contributed by atoms with van der Waals surface area (Å²) in [5.41, 5.74) is 7.30.